The number of hydrogen-bond donors (Lipinski definition) is 0. The van der Waals surface area contributed by atoms with Gasteiger partial charge in [0, 0.05) is 38.8 Å². The Bertz CT molecular complexity index is 704. The second kappa shape index (κ2) is 8.15. The van der Waals surface area contributed by atoms with Gasteiger partial charge < -0.3 is 9.80 Å². The van der Waals surface area contributed by atoms with Crippen LogP contribution in [-0.4, -0.2) is 37.5 Å². The third-order valence-corrected chi connectivity index (χ3v) is 4.93. The molecule has 1 heterocycles. The highest BCUT2D eigenvalue weighted by atomic mass is 19.1. The summed E-state index contributed by atoms with van der Waals surface area (Å²) < 4.78 is 13.6. The molecule has 0 unspecified atom stereocenters. The van der Waals surface area contributed by atoms with E-state index < -0.39 is 0 Å². The van der Waals surface area contributed by atoms with E-state index in [-0.39, 0.29) is 11.7 Å². The molecule has 25 heavy (non-hydrogen) atoms. The fourth-order valence-electron chi connectivity index (χ4n) is 3.48. The largest absolute Gasteiger partial charge is 0.371 e. The highest BCUT2D eigenvalue weighted by molar-refractivity contribution is 5.76. The standard InChI is InChI=1S/C21H25FN2O/c1-23(21(25)12-11-18-7-5-6-10-20(18)22)15-17-13-14-24(16-17)19-8-3-2-4-9-19/h2-10,17H,11-16H2,1H3/t17-/m1/s1. The lowest BCUT2D eigenvalue weighted by Crippen LogP contribution is -2.33. The zero-order valence-corrected chi connectivity index (χ0v) is 14.7. The maximum atomic E-state index is 13.6. The van der Waals surface area contributed by atoms with E-state index in [1.165, 1.54) is 11.8 Å². The fourth-order valence-corrected chi connectivity index (χ4v) is 3.48. The third kappa shape index (κ3) is 4.59. The molecule has 0 N–H and O–H groups in total. The second-order valence-electron chi connectivity index (χ2n) is 6.80. The van der Waals surface area contributed by atoms with Crippen LogP contribution in [0.3, 0.4) is 0 Å². The molecule has 3 nitrogen and oxygen atoms in total. The maximum absolute atomic E-state index is 13.6. The van der Waals surface area contributed by atoms with Crippen LogP contribution < -0.4 is 4.90 Å². The van der Waals surface area contributed by atoms with Gasteiger partial charge in [0.05, 0.1) is 0 Å². The topological polar surface area (TPSA) is 23.6 Å². The van der Waals surface area contributed by atoms with Crippen molar-refractivity contribution in [2.45, 2.75) is 19.3 Å². The van der Waals surface area contributed by atoms with Crippen LogP contribution in [0, 0.1) is 11.7 Å². The molecule has 132 valence electrons. The number of benzene rings is 2. The van der Waals surface area contributed by atoms with Gasteiger partial charge in [0.2, 0.25) is 5.91 Å². The zero-order chi connectivity index (χ0) is 17.6. The Hall–Kier alpha value is -2.36. The highest BCUT2D eigenvalue weighted by Crippen LogP contribution is 2.24. The Kier molecular flexibility index (Phi) is 5.69. The van der Waals surface area contributed by atoms with Crippen LogP contribution in [0.1, 0.15) is 18.4 Å². The number of halogens is 1. The molecule has 0 bridgehead atoms. The van der Waals surface area contributed by atoms with Crippen molar-refractivity contribution in [1.29, 1.82) is 0 Å². The molecule has 1 aliphatic heterocycles. The maximum Gasteiger partial charge on any atom is 0.222 e. The Morgan fingerprint density at radius 2 is 1.88 bits per heavy atom. The van der Waals surface area contributed by atoms with Crippen molar-refractivity contribution in [1.82, 2.24) is 4.90 Å². The molecule has 1 saturated heterocycles. The first-order chi connectivity index (χ1) is 12.1. The Morgan fingerprint density at radius 1 is 1.16 bits per heavy atom. The van der Waals surface area contributed by atoms with Crippen molar-refractivity contribution < 1.29 is 9.18 Å². The number of carbonyl (C=O) groups excluding carboxylic acids is 1. The molecule has 0 saturated carbocycles. The number of carbonyl (C=O) groups is 1. The molecule has 1 atom stereocenters. The van der Waals surface area contributed by atoms with Gasteiger partial charge >= 0.3 is 0 Å². The summed E-state index contributed by atoms with van der Waals surface area (Å²) in [6, 6.07) is 17.1. The molecule has 0 aromatic heterocycles. The first kappa shape index (κ1) is 17.5. The van der Waals surface area contributed by atoms with Gasteiger partial charge in [0.25, 0.3) is 0 Å². The van der Waals surface area contributed by atoms with E-state index in [9.17, 15) is 9.18 Å². The molecule has 0 radical (unpaired) electrons. The molecule has 2 aromatic carbocycles. The number of nitrogens with zero attached hydrogens (tertiary/aromatic N) is 2. The average molecular weight is 340 g/mol. The van der Waals surface area contributed by atoms with Gasteiger partial charge in [-0.1, -0.05) is 36.4 Å². The van der Waals surface area contributed by atoms with Crippen LogP contribution in [0.25, 0.3) is 0 Å². The Labute approximate surface area is 149 Å². The van der Waals surface area contributed by atoms with Gasteiger partial charge in [0.1, 0.15) is 5.82 Å². The SMILES string of the molecule is CN(C[C@H]1CCN(c2ccccc2)C1)C(=O)CCc1ccccc1F. The molecule has 0 aliphatic carbocycles. The summed E-state index contributed by atoms with van der Waals surface area (Å²) in [5.74, 6) is 0.344. The van der Waals surface area contributed by atoms with Crippen molar-refractivity contribution in [3.63, 3.8) is 0 Å². The Balaban J connectivity index is 1.46. The molecule has 1 aliphatic rings. The summed E-state index contributed by atoms with van der Waals surface area (Å²) in [4.78, 5) is 16.5. The molecule has 1 amide bonds. The highest BCUT2D eigenvalue weighted by Gasteiger charge is 2.25. The third-order valence-electron chi connectivity index (χ3n) is 4.93. The van der Waals surface area contributed by atoms with Crippen molar-refractivity contribution >= 4 is 11.6 Å². The van der Waals surface area contributed by atoms with E-state index in [0.717, 1.165) is 26.1 Å². The van der Waals surface area contributed by atoms with Crippen molar-refractivity contribution in [2.24, 2.45) is 5.92 Å². The van der Waals surface area contributed by atoms with Gasteiger partial charge in [-0.2, -0.15) is 0 Å². The zero-order valence-electron chi connectivity index (χ0n) is 14.7. The van der Waals surface area contributed by atoms with E-state index in [4.69, 9.17) is 0 Å². The van der Waals surface area contributed by atoms with E-state index in [1.54, 1.807) is 17.0 Å². The minimum absolute atomic E-state index is 0.0846. The minimum Gasteiger partial charge on any atom is -0.371 e. The molecule has 2 aromatic rings. The van der Waals surface area contributed by atoms with Gasteiger partial charge in [-0.25, -0.2) is 4.39 Å². The summed E-state index contributed by atoms with van der Waals surface area (Å²) in [5.41, 5.74) is 1.86. The quantitative estimate of drug-likeness (QED) is 0.800. The molecule has 0 spiro atoms. The van der Waals surface area contributed by atoms with E-state index in [2.05, 4.69) is 29.2 Å². The average Bonchev–Trinajstić information content (AvgIpc) is 3.10. The van der Waals surface area contributed by atoms with Crippen LogP contribution in [0.5, 0.6) is 0 Å². The van der Waals surface area contributed by atoms with Gasteiger partial charge in [-0.05, 0) is 42.5 Å². The van der Waals surface area contributed by atoms with E-state index >= 15 is 0 Å². The summed E-state index contributed by atoms with van der Waals surface area (Å²) in [5, 5.41) is 0. The van der Waals surface area contributed by atoms with Gasteiger partial charge in [0.15, 0.2) is 0 Å². The first-order valence-corrected chi connectivity index (χ1v) is 8.91. The van der Waals surface area contributed by atoms with E-state index in [0.29, 0.717) is 24.3 Å². The molecule has 3 rings (SSSR count). The lowest BCUT2D eigenvalue weighted by atomic mass is 10.1. The number of anilines is 1. The van der Waals surface area contributed by atoms with Gasteiger partial charge in [-0.15, -0.1) is 0 Å². The fraction of sp³-hybridized carbons (Fsp3) is 0.381. The molecule has 4 heteroatoms. The first-order valence-electron chi connectivity index (χ1n) is 8.91. The minimum atomic E-state index is -0.229. The van der Waals surface area contributed by atoms with Gasteiger partial charge in [-0.3, -0.25) is 4.79 Å². The second-order valence-corrected chi connectivity index (χ2v) is 6.80. The number of aryl methyl sites for hydroxylation is 1. The van der Waals surface area contributed by atoms with E-state index in [1.807, 2.05) is 19.2 Å². The molecular weight excluding hydrogens is 315 g/mol. The normalized spacial score (nSPS) is 16.9. The number of rotatable bonds is 6. The van der Waals surface area contributed by atoms with Crippen LogP contribution in [0.2, 0.25) is 0 Å². The lowest BCUT2D eigenvalue weighted by Gasteiger charge is -2.22. The predicted molar refractivity (Wildman–Crippen MR) is 99.1 cm³/mol. The monoisotopic (exact) mass is 340 g/mol. The Morgan fingerprint density at radius 3 is 2.64 bits per heavy atom. The smallest absolute Gasteiger partial charge is 0.222 e. The van der Waals surface area contributed by atoms with Crippen LogP contribution in [0.4, 0.5) is 10.1 Å². The molecule has 1 fully saturated rings. The van der Waals surface area contributed by atoms with Crippen LogP contribution in [-0.2, 0) is 11.2 Å². The number of hydrogen-bond acceptors (Lipinski definition) is 2. The summed E-state index contributed by atoms with van der Waals surface area (Å²) >= 11 is 0. The number of amides is 1. The predicted octanol–water partition coefficient (Wildman–Crippen LogP) is 3.74. The van der Waals surface area contributed by atoms with Crippen molar-refractivity contribution in [3.05, 3.63) is 66.0 Å². The number of para-hydroxylation sites is 1. The van der Waals surface area contributed by atoms with Crippen LogP contribution in [0.15, 0.2) is 54.6 Å². The summed E-state index contributed by atoms with van der Waals surface area (Å²) in [6.07, 6.45) is 1.91. The van der Waals surface area contributed by atoms with Crippen molar-refractivity contribution in [2.75, 3.05) is 31.6 Å². The van der Waals surface area contributed by atoms with Crippen LogP contribution >= 0.6 is 0 Å². The lowest BCUT2D eigenvalue weighted by molar-refractivity contribution is -0.130. The molecular formula is C21H25FN2O. The summed E-state index contributed by atoms with van der Waals surface area (Å²) in [7, 11) is 1.86. The summed E-state index contributed by atoms with van der Waals surface area (Å²) in [6.45, 7) is 2.78. The van der Waals surface area contributed by atoms with Crippen molar-refractivity contribution in [3.8, 4) is 0 Å².